The van der Waals surface area contributed by atoms with Gasteiger partial charge in [-0.15, -0.1) is 5.10 Å². The molecule has 1 fully saturated rings. The number of aromatic nitrogens is 6. The highest BCUT2D eigenvalue weighted by atomic mass is 35.5. The summed E-state index contributed by atoms with van der Waals surface area (Å²) in [5.41, 5.74) is 1.71. The summed E-state index contributed by atoms with van der Waals surface area (Å²) >= 11 is 6.53. The average Bonchev–Trinajstić information content (AvgIpc) is 3.32. The van der Waals surface area contributed by atoms with Crippen LogP contribution in [0.1, 0.15) is 26.5 Å². The van der Waals surface area contributed by atoms with Gasteiger partial charge in [0, 0.05) is 25.0 Å². The molecule has 0 spiro atoms. The molecule has 0 aromatic carbocycles. The van der Waals surface area contributed by atoms with Gasteiger partial charge in [0.15, 0.2) is 5.65 Å². The number of alkyl halides is 1. The fourth-order valence-electron chi connectivity index (χ4n) is 3.10. The third-order valence-electron chi connectivity index (χ3n) is 4.59. The van der Waals surface area contributed by atoms with Gasteiger partial charge in [-0.3, -0.25) is 0 Å². The van der Waals surface area contributed by atoms with Gasteiger partial charge < -0.3 is 14.8 Å². The highest BCUT2D eigenvalue weighted by molar-refractivity contribution is 6.35. The molecule has 28 heavy (non-hydrogen) atoms. The Hall–Kier alpha value is -2.30. The van der Waals surface area contributed by atoms with Gasteiger partial charge in [-0.1, -0.05) is 11.6 Å². The van der Waals surface area contributed by atoms with Gasteiger partial charge in [-0.25, -0.2) is 14.1 Å². The highest BCUT2D eigenvalue weighted by Crippen LogP contribution is 2.29. The normalized spacial score (nSPS) is 21.1. The summed E-state index contributed by atoms with van der Waals surface area (Å²) in [4.78, 5) is 8.79. The van der Waals surface area contributed by atoms with E-state index < -0.39 is 12.2 Å². The number of fused-ring (bicyclic) bond motifs is 1. The smallest absolute Gasteiger partial charge is 0.243 e. The molecule has 4 rings (SSSR count). The Labute approximate surface area is 165 Å². The first kappa shape index (κ1) is 19.0. The summed E-state index contributed by atoms with van der Waals surface area (Å²) < 4.78 is 27.8. The van der Waals surface area contributed by atoms with E-state index in [9.17, 15) is 4.39 Å². The maximum Gasteiger partial charge on any atom is 0.243 e. The van der Waals surface area contributed by atoms with Crippen molar-refractivity contribution in [1.29, 1.82) is 0 Å². The molecule has 1 aliphatic rings. The van der Waals surface area contributed by atoms with Crippen molar-refractivity contribution >= 4 is 23.2 Å². The summed E-state index contributed by atoms with van der Waals surface area (Å²) in [6.45, 7) is 4.99. The van der Waals surface area contributed by atoms with Crippen LogP contribution in [0.3, 0.4) is 0 Å². The van der Waals surface area contributed by atoms with E-state index in [1.807, 2.05) is 20.0 Å². The van der Waals surface area contributed by atoms with Crippen molar-refractivity contribution in [2.75, 3.05) is 25.1 Å². The quantitative estimate of drug-likeness (QED) is 0.669. The standard InChI is InChI=1S/C17H21ClFN7O2/c1-3-28-10(2)25-7-11(6-21-25)15-14(18)16-23-17(24-26(16)9-20-15)22-13-4-5-27-8-12(13)19/h6-7,9-10,12-13H,3-5,8H2,1-2H3,(H,22,24)/t10?,12-,13?/m1/s1. The van der Waals surface area contributed by atoms with E-state index >= 15 is 0 Å². The molecule has 0 saturated carbocycles. The Morgan fingerprint density at radius 3 is 3.14 bits per heavy atom. The maximum atomic E-state index is 14.0. The molecular weight excluding hydrogens is 389 g/mol. The fraction of sp³-hybridized carbons (Fsp3) is 0.529. The third kappa shape index (κ3) is 3.67. The first-order valence-electron chi connectivity index (χ1n) is 9.12. The molecule has 2 unspecified atom stereocenters. The lowest BCUT2D eigenvalue weighted by Gasteiger charge is -2.26. The minimum Gasteiger partial charge on any atom is -0.378 e. The van der Waals surface area contributed by atoms with Crippen molar-refractivity contribution in [3.05, 3.63) is 23.7 Å². The number of nitrogens with zero attached hydrogens (tertiary/aromatic N) is 6. The lowest BCUT2D eigenvalue weighted by molar-refractivity contribution is 0.0160. The van der Waals surface area contributed by atoms with Gasteiger partial charge in [0.1, 0.15) is 23.7 Å². The molecule has 3 aromatic rings. The Bertz CT molecular complexity index is 962. The molecule has 0 radical (unpaired) electrons. The second-order valence-electron chi connectivity index (χ2n) is 6.50. The van der Waals surface area contributed by atoms with E-state index in [0.29, 0.717) is 41.9 Å². The number of halogens is 2. The largest absolute Gasteiger partial charge is 0.378 e. The molecule has 3 atom stereocenters. The van der Waals surface area contributed by atoms with Gasteiger partial charge in [-0.05, 0) is 20.3 Å². The second-order valence-corrected chi connectivity index (χ2v) is 6.88. The summed E-state index contributed by atoms with van der Waals surface area (Å²) in [7, 11) is 0. The zero-order chi connectivity index (χ0) is 19.7. The summed E-state index contributed by atoms with van der Waals surface area (Å²) in [6, 6.07) is -0.393. The summed E-state index contributed by atoms with van der Waals surface area (Å²) in [5.74, 6) is 0.302. The molecule has 1 saturated heterocycles. The lowest BCUT2D eigenvalue weighted by Crippen LogP contribution is -2.39. The molecule has 11 heteroatoms. The van der Waals surface area contributed by atoms with Gasteiger partial charge >= 0.3 is 0 Å². The predicted molar refractivity (Wildman–Crippen MR) is 101 cm³/mol. The van der Waals surface area contributed by atoms with Crippen LogP contribution in [0.25, 0.3) is 16.9 Å². The predicted octanol–water partition coefficient (Wildman–Crippen LogP) is 2.74. The summed E-state index contributed by atoms with van der Waals surface area (Å²) in [6.07, 6.45) is 4.25. The molecule has 0 bridgehead atoms. The first-order chi connectivity index (χ1) is 13.6. The van der Waals surface area contributed by atoms with E-state index in [2.05, 4.69) is 25.5 Å². The number of nitrogens with one attached hydrogen (secondary N) is 1. The van der Waals surface area contributed by atoms with Crippen LogP contribution in [-0.4, -0.2) is 61.4 Å². The van der Waals surface area contributed by atoms with Gasteiger partial charge in [0.05, 0.1) is 24.5 Å². The van der Waals surface area contributed by atoms with Crippen LogP contribution in [0.2, 0.25) is 5.02 Å². The molecule has 9 nitrogen and oxygen atoms in total. The lowest BCUT2D eigenvalue weighted by atomic mass is 10.1. The minimum absolute atomic E-state index is 0.0711. The van der Waals surface area contributed by atoms with Gasteiger partial charge in [-0.2, -0.15) is 14.6 Å². The van der Waals surface area contributed by atoms with Crippen molar-refractivity contribution in [2.45, 2.75) is 38.7 Å². The molecular formula is C17H21ClFN7O2. The van der Waals surface area contributed by atoms with Crippen molar-refractivity contribution in [3.8, 4) is 11.3 Å². The van der Waals surface area contributed by atoms with Gasteiger partial charge in [0.2, 0.25) is 5.95 Å². The second kappa shape index (κ2) is 7.98. The maximum absolute atomic E-state index is 14.0. The van der Waals surface area contributed by atoms with Crippen molar-refractivity contribution < 1.29 is 13.9 Å². The summed E-state index contributed by atoms with van der Waals surface area (Å²) in [5, 5.41) is 12.0. The molecule has 4 heterocycles. The van der Waals surface area contributed by atoms with Crippen LogP contribution in [0.15, 0.2) is 18.7 Å². The Morgan fingerprint density at radius 1 is 1.50 bits per heavy atom. The molecule has 0 aliphatic carbocycles. The van der Waals surface area contributed by atoms with Crippen LogP contribution in [0.4, 0.5) is 10.3 Å². The highest BCUT2D eigenvalue weighted by Gasteiger charge is 2.26. The Kier molecular flexibility index (Phi) is 5.42. The van der Waals surface area contributed by atoms with Crippen LogP contribution in [0, 0.1) is 0 Å². The number of hydrogen-bond acceptors (Lipinski definition) is 7. The van der Waals surface area contributed by atoms with Crippen molar-refractivity contribution in [3.63, 3.8) is 0 Å². The van der Waals surface area contributed by atoms with Crippen molar-refractivity contribution in [1.82, 2.24) is 29.4 Å². The average molecular weight is 410 g/mol. The SMILES string of the molecule is CCOC(C)n1cc(-c2ncn3nc(NC4CCOC[C@H]4F)nc3c2Cl)cn1. The number of ether oxygens (including phenoxy) is 2. The zero-order valence-electron chi connectivity index (χ0n) is 15.5. The fourth-order valence-corrected chi connectivity index (χ4v) is 3.39. The topological polar surface area (TPSA) is 91.4 Å². The van der Waals surface area contributed by atoms with Crippen LogP contribution < -0.4 is 5.32 Å². The van der Waals surface area contributed by atoms with Crippen LogP contribution in [-0.2, 0) is 9.47 Å². The van der Waals surface area contributed by atoms with E-state index in [1.165, 1.54) is 10.8 Å². The van der Waals surface area contributed by atoms with Crippen molar-refractivity contribution in [2.24, 2.45) is 0 Å². The Balaban J connectivity index is 1.60. The third-order valence-corrected chi connectivity index (χ3v) is 4.94. The van der Waals surface area contributed by atoms with Gasteiger partial charge in [0.25, 0.3) is 0 Å². The number of anilines is 1. The number of rotatable bonds is 6. The molecule has 1 aliphatic heterocycles. The zero-order valence-corrected chi connectivity index (χ0v) is 16.3. The van der Waals surface area contributed by atoms with Crippen LogP contribution >= 0.6 is 11.6 Å². The van der Waals surface area contributed by atoms with E-state index in [0.717, 1.165) is 5.56 Å². The minimum atomic E-state index is -1.11. The number of hydrogen-bond donors (Lipinski definition) is 1. The molecule has 150 valence electrons. The van der Waals surface area contributed by atoms with E-state index in [4.69, 9.17) is 21.1 Å². The molecule has 1 N–H and O–H groups in total. The Morgan fingerprint density at radius 2 is 2.36 bits per heavy atom. The van der Waals surface area contributed by atoms with E-state index in [-0.39, 0.29) is 12.8 Å². The van der Waals surface area contributed by atoms with Crippen LogP contribution in [0.5, 0.6) is 0 Å². The monoisotopic (exact) mass is 409 g/mol. The first-order valence-corrected chi connectivity index (χ1v) is 9.50. The molecule has 3 aromatic heterocycles. The molecule has 0 amide bonds. The van der Waals surface area contributed by atoms with E-state index in [1.54, 1.807) is 10.9 Å².